The second-order valence-electron chi connectivity index (χ2n) is 9.38. The molecule has 0 bridgehead atoms. The predicted octanol–water partition coefficient (Wildman–Crippen LogP) is 4.52. The van der Waals surface area contributed by atoms with Crippen molar-refractivity contribution in [2.45, 2.75) is 58.7 Å². The van der Waals surface area contributed by atoms with Crippen LogP contribution in [0.2, 0.25) is 0 Å². The molecule has 1 fully saturated rings. The molecule has 0 spiro atoms. The number of rotatable bonds is 7. The summed E-state index contributed by atoms with van der Waals surface area (Å²) < 4.78 is 27.4. The third kappa shape index (κ3) is 6.15. The Bertz CT molecular complexity index is 1030. The molecule has 2 amide bonds. The van der Waals surface area contributed by atoms with Gasteiger partial charge in [-0.1, -0.05) is 26.0 Å². The van der Waals surface area contributed by atoms with E-state index in [1.165, 1.54) is 29.2 Å². The number of guanidine groups is 1. The van der Waals surface area contributed by atoms with E-state index in [0.717, 1.165) is 12.5 Å². The van der Waals surface area contributed by atoms with Gasteiger partial charge in [0.1, 0.15) is 11.6 Å². The van der Waals surface area contributed by atoms with Gasteiger partial charge in [0.2, 0.25) is 5.91 Å². The van der Waals surface area contributed by atoms with Crippen molar-refractivity contribution in [3.63, 3.8) is 0 Å². The maximum Gasteiger partial charge on any atom is 0.251 e. The van der Waals surface area contributed by atoms with Crippen LogP contribution < -0.4 is 10.6 Å². The van der Waals surface area contributed by atoms with Crippen molar-refractivity contribution in [1.29, 1.82) is 5.41 Å². The van der Waals surface area contributed by atoms with Gasteiger partial charge in [-0.15, -0.1) is 0 Å². The molecule has 6 nitrogen and oxygen atoms in total. The lowest BCUT2D eigenvalue weighted by atomic mass is 9.86. The highest BCUT2D eigenvalue weighted by atomic mass is 19.1. The molecule has 1 aliphatic rings. The van der Waals surface area contributed by atoms with E-state index in [1.807, 2.05) is 6.92 Å². The summed E-state index contributed by atoms with van der Waals surface area (Å²) in [6, 6.07) is 9.24. The highest BCUT2D eigenvalue weighted by molar-refractivity contribution is 5.99. The maximum absolute atomic E-state index is 14.3. The Hall–Kier alpha value is -3.29. The normalized spacial score (nSPS) is 19.4. The third-order valence-electron chi connectivity index (χ3n) is 5.67. The van der Waals surface area contributed by atoms with Crippen LogP contribution in [0, 0.1) is 23.0 Å². The number of hydrogen-bond acceptors (Lipinski definition) is 3. The molecule has 0 aromatic heterocycles. The maximum atomic E-state index is 14.3. The quantitative estimate of drug-likeness (QED) is 0.573. The Kier molecular flexibility index (Phi) is 7.15. The number of hydrogen-bond donors (Lipinski definition) is 3. The molecule has 3 N–H and O–H groups in total. The van der Waals surface area contributed by atoms with Gasteiger partial charge in [0.05, 0.1) is 19.0 Å². The van der Waals surface area contributed by atoms with Crippen LogP contribution in [0.1, 0.15) is 68.1 Å². The monoisotopic (exact) mass is 456 g/mol. The topological polar surface area (TPSA) is 85.3 Å². The molecular weight excluding hydrogens is 426 g/mol. The summed E-state index contributed by atoms with van der Waals surface area (Å²) in [5, 5.41) is 14.2. The molecular formula is C25H30F2N4O2. The first kappa shape index (κ1) is 24.4. The van der Waals surface area contributed by atoms with Crippen LogP contribution in [0.4, 0.5) is 8.78 Å². The predicted molar refractivity (Wildman–Crippen MR) is 123 cm³/mol. The molecule has 0 radical (unpaired) electrons. The Morgan fingerprint density at radius 3 is 2.42 bits per heavy atom. The molecule has 1 saturated heterocycles. The summed E-state index contributed by atoms with van der Waals surface area (Å²) in [5.74, 6) is -1.37. The van der Waals surface area contributed by atoms with Gasteiger partial charge in [0.25, 0.3) is 5.91 Å². The standard InChI is InChI=1S/C25H30F2N4O2/c1-15(2)12-25(4)13-22(32)31(24(28)30-25)14-17-9-19(11-21(27)10-17)23(33)29-16(3)18-5-7-20(26)8-6-18/h5-11,15-16H,12-14H2,1-4H3,(H2,28,30)(H,29,33)/t16-,25+/m0/s1. The fraction of sp³-hybridized carbons (Fsp3) is 0.400. The van der Waals surface area contributed by atoms with Gasteiger partial charge in [-0.05, 0) is 67.6 Å². The van der Waals surface area contributed by atoms with Crippen molar-refractivity contribution in [1.82, 2.24) is 15.5 Å². The molecule has 3 rings (SSSR count). The third-order valence-corrected chi connectivity index (χ3v) is 5.67. The summed E-state index contributed by atoms with van der Waals surface area (Å²) in [6.07, 6.45) is 0.969. The fourth-order valence-corrected chi connectivity index (χ4v) is 4.31. The van der Waals surface area contributed by atoms with E-state index in [9.17, 15) is 18.4 Å². The first-order chi connectivity index (χ1) is 15.5. The Balaban J connectivity index is 1.72. The van der Waals surface area contributed by atoms with Crippen molar-refractivity contribution in [3.05, 3.63) is 70.8 Å². The minimum absolute atomic E-state index is 0.0199. The van der Waals surface area contributed by atoms with Crippen LogP contribution in [-0.4, -0.2) is 28.2 Å². The SMILES string of the molecule is CC(C)C[C@]1(C)CC(=O)N(Cc2cc(F)cc(C(=O)N[C@@H](C)c3ccc(F)cc3)c2)C(=N)N1. The molecule has 33 heavy (non-hydrogen) atoms. The van der Waals surface area contributed by atoms with Crippen LogP contribution >= 0.6 is 0 Å². The van der Waals surface area contributed by atoms with E-state index in [2.05, 4.69) is 24.5 Å². The molecule has 2 aromatic rings. The van der Waals surface area contributed by atoms with E-state index >= 15 is 0 Å². The van der Waals surface area contributed by atoms with Crippen molar-refractivity contribution < 1.29 is 18.4 Å². The fourth-order valence-electron chi connectivity index (χ4n) is 4.31. The molecule has 1 aliphatic heterocycles. The highest BCUT2D eigenvalue weighted by Crippen LogP contribution is 2.26. The number of amides is 2. The summed E-state index contributed by atoms with van der Waals surface area (Å²) in [6.45, 7) is 7.77. The lowest BCUT2D eigenvalue weighted by Crippen LogP contribution is -2.61. The Morgan fingerprint density at radius 1 is 1.15 bits per heavy atom. The molecule has 2 aromatic carbocycles. The summed E-state index contributed by atoms with van der Waals surface area (Å²) >= 11 is 0. The van der Waals surface area contributed by atoms with E-state index in [0.29, 0.717) is 17.0 Å². The minimum atomic E-state index is -0.610. The van der Waals surface area contributed by atoms with Crippen molar-refractivity contribution in [3.8, 4) is 0 Å². The van der Waals surface area contributed by atoms with Gasteiger partial charge < -0.3 is 10.6 Å². The smallest absolute Gasteiger partial charge is 0.251 e. The first-order valence-corrected chi connectivity index (χ1v) is 11.0. The average Bonchev–Trinajstić information content (AvgIpc) is 2.70. The van der Waals surface area contributed by atoms with Crippen molar-refractivity contribution >= 4 is 17.8 Å². The zero-order chi connectivity index (χ0) is 24.3. The molecule has 1 heterocycles. The highest BCUT2D eigenvalue weighted by Gasteiger charge is 2.38. The summed E-state index contributed by atoms with van der Waals surface area (Å²) in [4.78, 5) is 26.8. The van der Waals surface area contributed by atoms with Crippen LogP contribution in [0.25, 0.3) is 0 Å². The van der Waals surface area contributed by atoms with E-state index < -0.39 is 23.3 Å². The van der Waals surface area contributed by atoms with Crippen molar-refractivity contribution in [2.75, 3.05) is 0 Å². The first-order valence-electron chi connectivity index (χ1n) is 11.0. The number of carbonyl (C=O) groups is 2. The van der Waals surface area contributed by atoms with Gasteiger partial charge in [-0.25, -0.2) is 8.78 Å². The van der Waals surface area contributed by atoms with Gasteiger partial charge in [-0.3, -0.25) is 19.9 Å². The second kappa shape index (κ2) is 9.68. The number of benzene rings is 2. The summed E-state index contributed by atoms with van der Waals surface area (Å²) in [7, 11) is 0. The number of carbonyl (C=O) groups excluding carboxylic acids is 2. The van der Waals surface area contributed by atoms with Gasteiger partial charge >= 0.3 is 0 Å². The zero-order valence-electron chi connectivity index (χ0n) is 19.3. The average molecular weight is 457 g/mol. The van der Waals surface area contributed by atoms with E-state index in [1.54, 1.807) is 19.1 Å². The lowest BCUT2D eigenvalue weighted by molar-refractivity contribution is -0.131. The summed E-state index contributed by atoms with van der Waals surface area (Å²) in [5.41, 5.74) is 0.723. The number of nitrogens with one attached hydrogen (secondary N) is 3. The minimum Gasteiger partial charge on any atom is -0.350 e. The second-order valence-corrected chi connectivity index (χ2v) is 9.38. The number of nitrogens with zero attached hydrogens (tertiary/aromatic N) is 1. The molecule has 0 unspecified atom stereocenters. The van der Waals surface area contributed by atoms with Crippen LogP contribution in [0.15, 0.2) is 42.5 Å². The Morgan fingerprint density at radius 2 is 1.82 bits per heavy atom. The lowest BCUT2D eigenvalue weighted by Gasteiger charge is -2.41. The molecule has 0 aliphatic carbocycles. The molecule has 8 heteroatoms. The van der Waals surface area contributed by atoms with Gasteiger partial charge in [0, 0.05) is 11.1 Å². The Labute approximate surface area is 192 Å². The van der Waals surface area contributed by atoms with Crippen molar-refractivity contribution in [2.24, 2.45) is 5.92 Å². The zero-order valence-corrected chi connectivity index (χ0v) is 19.3. The van der Waals surface area contributed by atoms with Gasteiger partial charge in [-0.2, -0.15) is 0 Å². The molecule has 2 atom stereocenters. The van der Waals surface area contributed by atoms with Crippen LogP contribution in [-0.2, 0) is 11.3 Å². The molecule has 0 saturated carbocycles. The van der Waals surface area contributed by atoms with Gasteiger partial charge in [0.15, 0.2) is 5.96 Å². The van der Waals surface area contributed by atoms with Crippen LogP contribution in [0.3, 0.4) is 0 Å². The van der Waals surface area contributed by atoms with E-state index in [-0.39, 0.29) is 36.2 Å². The van der Waals surface area contributed by atoms with E-state index in [4.69, 9.17) is 5.41 Å². The largest absolute Gasteiger partial charge is 0.350 e. The number of halogens is 2. The van der Waals surface area contributed by atoms with Crippen LogP contribution in [0.5, 0.6) is 0 Å². The molecule has 176 valence electrons.